The van der Waals surface area contributed by atoms with Crippen LogP contribution >= 0.6 is 11.6 Å². The number of carbonyl (C=O) groups is 1. The Labute approximate surface area is 99.7 Å². The van der Waals surface area contributed by atoms with Gasteiger partial charge in [0.25, 0.3) is 5.91 Å². The Morgan fingerprint density at radius 3 is 3.00 bits per heavy atom. The summed E-state index contributed by atoms with van der Waals surface area (Å²) in [6.45, 7) is 0.446. The summed E-state index contributed by atoms with van der Waals surface area (Å²) in [5.74, 6) is 2.68. The van der Waals surface area contributed by atoms with Gasteiger partial charge in [0.05, 0.1) is 12.7 Å². The molecule has 1 aromatic carbocycles. The van der Waals surface area contributed by atoms with Crippen LogP contribution < -0.4 is 10.1 Å². The summed E-state index contributed by atoms with van der Waals surface area (Å²) in [6.07, 6.45) is 5.59. The molecule has 1 N–H and O–H groups in total. The Bertz CT molecular complexity index is 424. The normalized spacial score (nSPS) is 9.31. The average molecular weight is 238 g/mol. The van der Waals surface area contributed by atoms with Crippen LogP contribution in [0.5, 0.6) is 5.75 Å². The largest absolute Gasteiger partial charge is 0.496 e. The molecule has 0 unspecified atom stereocenters. The zero-order valence-electron chi connectivity index (χ0n) is 8.92. The molecule has 0 aliphatic heterocycles. The van der Waals surface area contributed by atoms with Crippen LogP contribution in [0.3, 0.4) is 0 Å². The maximum atomic E-state index is 11.7. The minimum Gasteiger partial charge on any atom is -0.496 e. The van der Waals surface area contributed by atoms with E-state index < -0.39 is 0 Å². The van der Waals surface area contributed by atoms with Crippen molar-refractivity contribution in [3.05, 3.63) is 28.8 Å². The van der Waals surface area contributed by atoms with E-state index in [-0.39, 0.29) is 5.91 Å². The fourth-order valence-corrected chi connectivity index (χ4v) is 1.36. The molecule has 0 fully saturated rings. The maximum Gasteiger partial charge on any atom is 0.255 e. The lowest BCUT2D eigenvalue weighted by Gasteiger charge is -2.08. The number of amides is 1. The predicted octanol–water partition coefficient (Wildman–Crippen LogP) is 2.10. The first-order chi connectivity index (χ1) is 7.69. The number of rotatable bonds is 4. The predicted molar refractivity (Wildman–Crippen MR) is 63.8 cm³/mol. The van der Waals surface area contributed by atoms with E-state index in [1.54, 1.807) is 18.2 Å². The number of methoxy groups -OCH3 is 1. The van der Waals surface area contributed by atoms with Gasteiger partial charge in [0.1, 0.15) is 5.75 Å². The quantitative estimate of drug-likeness (QED) is 0.643. The highest BCUT2D eigenvalue weighted by molar-refractivity contribution is 6.30. The smallest absolute Gasteiger partial charge is 0.255 e. The molecule has 0 aliphatic rings. The molecule has 1 amide bonds. The van der Waals surface area contributed by atoms with Gasteiger partial charge in [-0.2, -0.15) is 0 Å². The zero-order chi connectivity index (χ0) is 12.0. The number of ether oxygens (including phenoxy) is 1. The van der Waals surface area contributed by atoms with Crippen molar-refractivity contribution >= 4 is 17.5 Å². The van der Waals surface area contributed by atoms with Crippen LogP contribution in [-0.2, 0) is 0 Å². The minimum atomic E-state index is -0.219. The Morgan fingerprint density at radius 2 is 2.38 bits per heavy atom. The van der Waals surface area contributed by atoms with Crippen LogP contribution in [0.15, 0.2) is 18.2 Å². The van der Waals surface area contributed by atoms with Gasteiger partial charge < -0.3 is 10.1 Å². The molecule has 0 aromatic heterocycles. The molecule has 16 heavy (non-hydrogen) atoms. The standard InChI is InChI=1S/C12H12ClNO2/c1-3-4-7-14-12(15)10-6-5-9(13)8-11(10)16-2/h1,5-6,8H,4,7H2,2H3,(H,14,15). The molecule has 0 saturated heterocycles. The molecule has 0 aliphatic carbocycles. The highest BCUT2D eigenvalue weighted by Crippen LogP contribution is 2.22. The number of halogens is 1. The number of benzene rings is 1. The van der Waals surface area contributed by atoms with Crippen LogP contribution in [0.4, 0.5) is 0 Å². The van der Waals surface area contributed by atoms with Crippen molar-refractivity contribution in [2.45, 2.75) is 6.42 Å². The Balaban J connectivity index is 2.79. The maximum absolute atomic E-state index is 11.7. The van der Waals surface area contributed by atoms with Gasteiger partial charge in [-0.1, -0.05) is 11.6 Å². The molecular weight excluding hydrogens is 226 g/mol. The fraction of sp³-hybridized carbons (Fsp3) is 0.250. The third-order valence-corrected chi connectivity index (χ3v) is 2.20. The van der Waals surface area contributed by atoms with E-state index >= 15 is 0 Å². The van der Waals surface area contributed by atoms with Crippen LogP contribution in [-0.4, -0.2) is 19.6 Å². The summed E-state index contributed by atoms with van der Waals surface area (Å²) in [5, 5.41) is 3.21. The zero-order valence-corrected chi connectivity index (χ0v) is 9.67. The van der Waals surface area contributed by atoms with E-state index in [9.17, 15) is 4.79 Å². The summed E-state index contributed by atoms with van der Waals surface area (Å²) < 4.78 is 5.07. The minimum absolute atomic E-state index is 0.219. The molecule has 0 spiro atoms. The molecule has 0 saturated carbocycles. The number of carbonyl (C=O) groups excluding carboxylic acids is 1. The third-order valence-electron chi connectivity index (χ3n) is 1.96. The number of terminal acetylenes is 1. The van der Waals surface area contributed by atoms with E-state index in [1.165, 1.54) is 7.11 Å². The van der Waals surface area contributed by atoms with Crippen molar-refractivity contribution in [2.75, 3.05) is 13.7 Å². The first-order valence-corrected chi connectivity index (χ1v) is 5.12. The van der Waals surface area contributed by atoms with Gasteiger partial charge in [-0.05, 0) is 18.2 Å². The highest BCUT2D eigenvalue weighted by Gasteiger charge is 2.11. The molecule has 1 rings (SSSR count). The van der Waals surface area contributed by atoms with E-state index in [0.717, 1.165) is 0 Å². The lowest BCUT2D eigenvalue weighted by molar-refractivity contribution is 0.0951. The van der Waals surface area contributed by atoms with E-state index in [0.29, 0.717) is 29.3 Å². The Kier molecular flexibility index (Phi) is 4.68. The summed E-state index contributed by atoms with van der Waals surface area (Å²) in [4.78, 5) is 11.7. The van der Waals surface area contributed by atoms with Crippen LogP contribution in [0, 0.1) is 12.3 Å². The second-order valence-electron chi connectivity index (χ2n) is 3.05. The van der Waals surface area contributed by atoms with Crippen molar-refractivity contribution < 1.29 is 9.53 Å². The van der Waals surface area contributed by atoms with Gasteiger partial charge >= 0.3 is 0 Å². The van der Waals surface area contributed by atoms with Gasteiger partial charge in [0.15, 0.2) is 0 Å². The molecule has 0 heterocycles. The first kappa shape index (κ1) is 12.4. The Morgan fingerprint density at radius 1 is 1.62 bits per heavy atom. The number of nitrogens with one attached hydrogen (secondary N) is 1. The summed E-state index contributed by atoms with van der Waals surface area (Å²) in [5.41, 5.74) is 0.448. The number of hydrogen-bond donors (Lipinski definition) is 1. The second kappa shape index (κ2) is 6.04. The SMILES string of the molecule is C#CCCNC(=O)c1ccc(Cl)cc1OC. The molecule has 0 bridgehead atoms. The molecule has 1 aromatic rings. The van der Waals surface area contributed by atoms with Gasteiger partial charge in [0, 0.05) is 18.0 Å². The monoisotopic (exact) mass is 237 g/mol. The van der Waals surface area contributed by atoms with Crippen LogP contribution in [0.25, 0.3) is 0 Å². The summed E-state index contributed by atoms with van der Waals surface area (Å²) in [6, 6.07) is 4.85. The van der Waals surface area contributed by atoms with Gasteiger partial charge in [0.2, 0.25) is 0 Å². The van der Waals surface area contributed by atoms with Gasteiger partial charge in [-0.3, -0.25) is 4.79 Å². The lowest BCUT2D eigenvalue weighted by Crippen LogP contribution is -2.24. The summed E-state index contributed by atoms with van der Waals surface area (Å²) in [7, 11) is 1.49. The molecule has 0 radical (unpaired) electrons. The van der Waals surface area contributed by atoms with Gasteiger partial charge in [-0.15, -0.1) is 12.3 Å². The van der Waals surface area contributed by atoms with Crippen molar-refractivity contribution in [3.8, 4) is 18.1 Å². The Hall–Kier alpha value is -1.66. The summed E-state index contributed by atoms with van der Waals surface area (Å²) >= 11 is 5.79. The number of hydrogen-bond acceptors (Lipinski definition) is 2. The molecule has 0 atom stereocenters. The van der Waals surface area contributed by atoms with Crippen LogP contribution in [0.1, 0.15) is 16.8 Å². The molecule has 3 nitrogen and oxygen atoms in total. The van der Waals surface area contributed by atoms with Crippen molar-refractivity contribution in [3.63, 3.8) is 0 Å². The van der Waals surface area contributed by atoms with Crippen molar-refractivity contribution in [1.29, 1.82) is 0 Å². The van der Waals surface area contributed by atoms with E-state index in [1.807, 2.05) is 0 Å². The van der Waals surface area contributed by atoms with Crippen LogP contribution in [0.2, 0.25) is 5.02 Å². The van der Waals surface area contributed by atoms with E-state index in [2.05, 4.69) is 11.2 Å². The lowest BCUT2D eigenvalue weighted by atomic mass is 10.2. The highest BCUT2D eigenvalue weighted by atomic mass is 35.5. The van der Waals surface area contributed by atoms with E-state index in [4.69, 9.17) is 22.8 Å². The van der Waals surface area contributed by atoms with Crippen molar-refractivity contribution in [1.82, 2.24) is 5.32 Å². The third kappa shape index (κ3) is 3.18. The first-order valence-electron chi connectivity index (χ1n) is 4.74. The van der Waals surface area contributed by atoms with Crippen molar-refractivity contribution in [2.24, 2.45) is 0 Å². The second-order valence-corrected chi connectivity index (χ2v) is 3.49. The average Bonchev–Trinajstić information content (AvgIpc) is 2.29. The van der Waals surface area contributed by atoms with Gasteiger partial charge in [-0.25, -0.2) is 0 Å². The molecule has 84 valence electrons. The molecular formula is C12H12ClNO2. The topological polar surface area (TPSA) is 38.3 Å². The molecule has 4 heteroatoms. The fourth-order valence-electron chi connectivity index (χ4n) is 1.20.